The van der Waals surface area contributed by atoms with Gasteiger partial charge in [-0.1, -0.05) is 24.3 Å². The summed E-state index contributed by atoms with van der Waals surface area (Å²) in [6, 6.07) is 8.04. The molecule has 0 radical (unpaired) electrons. The number of aliphatic hydroxyl groups excluding tert-OH is 2. The fraction of sp³-hybridized carbons (Fsp3) is 0.500. The van der Waals surface area contributed by atoms with Gasteiger partial charge in [0, 0.05) is 38.6 Å². The molecule has 0 aliphatic carbocycles. The summed E-state index contributed by atoms with van der Waals surface area (Å²) in [7, 11) is 0. The first-order chi connectivity index (χ1) is 10.9. The molecule has 6 heteroatoms. The normalized spacial score (nSPS) is 11.7. The van der Waals surface area contributed by atoms with Gasteiger partial charge in [-0.2, -0.15) is 0 Å². The van der Waals surface area contributed by atoms with Gasteiger partial charge >= 0.3 is 0 Å². The van der Waals surface area contributed by atoms with Crippen molar-refractivity contribution >= 4 is 12.4 Å². The van der Waals surface area contributed by atoms with E-state index >= 15 is 0 Å². The van der Waals surface area contributed by atoms with Gasteiger partial charge in [0.15, 0.2) is 0 Å². The van der Waals surface area contributed by atoms with Crippen molar-refractivity contribution in [2.45, 2.75) is 0 Å². The van der Waals surface area contributed by atoms with Gasteiger partial charge in [0.05, 0.1) is 26.3 Å². The van der Waals surface area contributed by atoms with E-state index in [-0.39, 0.29) is 13.2 Å². The first kappa shape index (κ1) is 18.4. The van der Waals surface area contributed by atoms with Gasteiger partial charge in [0.25, 0.3) is 0 Å². The molecule has 0 aliphatic rings. The van der Waals surface area contributed by atoms with E-state index in [9.17, 15) is 0 Å². The second-order valence-corrected chi connectivity index (χ2v) is 4.68. The summed E-state index contributed by atoms with van der Waals surface area (Å²) >= 11 is 0. The van der Waals surface area contributed by atoms with Crippen LogP contribution in [0.4, 0.5) is 0 Å². The van der Waals surface area contributed by atoms with Crippen molar-refractivity contribution < 1.29 is 10.2 Å². The van der Waals surface area contributed by atoms with Crippen molar-refractivity contribution in [2.75, 3.05) is 52.5 Å². The SMILES string of the molecule is OCCNCCN=Cc1ccc(C=NCCNCCO)cc1. The average molecular weight is 306 g/mol. The van der Waals surface area contributed by atoms with Crippen molar-refractivity contribution in [3.05, 3.63) is 35.4 Å². The summed E-state index contributed by atoms with van der Waals surface area (Å²) in [6.45, 7) is 4.47. The molecular weight excluding hydrogens is 280 g/mol. The largest absolute Gasteiger partial charge is 0.395 e. The zero-order chi connectivity index (χ0) is 15.9. The molecule has 0 aliphatic heterocycles. The Kier molecular flexibility index (Phi) is 11.0. The third kappa shape index (κ3) is 9.36. The van der Waals surface area contributed by atoms with Crippen molar-refractivity contribution in [3.63, 3.8) is 0 Å². The van der Waals surface area contributed by atoms with E-state index in [2.05, 4.69) is 20.6 Å². The highest BCUT2D eigenvalue weighted by Gasteiger charge is 1.90. The number of benzene rings is 1. The van der Waals surface area contributed by atoms with Gasteiger partial charge < -0.3 is 20.8 Å². The van der Waals surface area contributed by atoms with E-state index in [1.807, 2.05) is 36.7 Å². The van der Waals surface area contributed by atoms with Crippen LogP contribution in [0.3, 0.4) is 0 Å². The highest BCUT2D eigenvalue weighted by Crippen LogP contribution is 2.00. The maximum absolute atomic E-state index is 8.62. The Morgan fingerprint density at radius 1 is 0.727 bits per heavy atom. The smallest absolute Gasteiger partial charge is 0.0555 e. The third-order valence-corrected chi connectivity index (χ3v) is 2.83. The Bertz CT molecular complexity index is 391. The van der Waals surface area contributed by atoms with Crippen molar-refractivity contribution in [2.24, 2.45) is 9.98 Å². The maximum atomic E-state index is 8.62. The minimum atomic E-state index is 0.157. The molecule has 0 amide bonds. The van der Waals surface area contributed by atoms with Crippen LogP contribution >= 0.6 is 0 Å². The molecule has 6 nitrogen and oxygen atoms in total. The lowest BCUT2D eigenvalue weighted by atomic mass is 10.1. The summed E-state index contributed by atoms with van der Waals surface area (Å²) in [5.74, 6) is 0. The highest BCUT2D eigenvalue weighted by atomic mass is 16.3. The second-order valence-electron chi connectivity index (χ2n) is 4.68. The standard InChI is InChI=1S/C16H26N4O2/c21-11-9-17-5-7-19-13-15-1-2-16(4-3-15)14-20-8-6-18-10-12-22/h1-4,13-14,17-18,21-22H,5-12H2. The van der Waals surface area contributed by atoms with Gasteiger partial charge in [0.1, 0.15) is 0 Å². The van der Waals surface area contributed by atoms with Crippen LogP contribution in [0.15, 0.2) is 34.3 Å². The molecule has 1 aromatic carbocycles. The fourth-order valence-electron chi connectivity index (χ4n) is 1.70. The summed E-state index contributed by atoms with van der Waals surface area (Å²) in [4.78, 5) is 8.63. The average Bonchev–Trinajstić information content (AvgIpc) is 2.55. The number of rotatable bonds is 12. The Balaban J connectivity index is 2.24. The van der Waals surface area contributed by atoms with Crippen LogP contribution < -0.4 is 10.6 Å². The minimum Gasteiger partial charge on any atom is -0.395 e. The first-order valence-corrected chi connectivity index (χ1v) is 7.59. The molecule has 1 rings (SSSR count). The van der Waals surface area contributed by atoms with E-state index in [1.54, 1.807) is 0 Å². The number of aliphatic imine (C=N–C) groups is 2. The van der Waals surface area contributed by atoms with E-state index in [0.717, 1.165) is 24.2 Å². The summed E-state index contributed by atoms with van der Waals surface area (Å²) < 4.78 is 0. The summed E-state index contributed by atoms with van der Waals surface area (Å²) in [5, 5.41) is 23.4. The van der Waals surface area contributed by atoms with E-state index in [1.165, 1.54) is 0 Å². The van der Waals surface area contributed by atoms with Crippen LogP contribution in [-0.4, -0.2) is 75.1 Å². The Labute approximate surface area is 132 Å². The molecule has 22 heavy (non-hydrogen) atoms. The first-order valence-electron chi connectivity index (χ1n) is 7.59. The lowest BCUT2D eigenvalue weighted by molar-refractivity contribution is 0.293. The Morgan fingerprint density at radius 2 is 1.14 bits per heavy atom. The Morgan fingerprint density at radius 3 is 1.50 bits per heavy atom. The zero-order valence-corrected chi connectivity index (χ0v) is 12.9. The molecule has 0 fully saturated rings. The number of nitrogens with one attached hydrogen (secondary N) is 2. The molecule has 0 spiro atoms. The second kappa shape index (κ2) is 13.1. The number of nitrogens with zero attached hydrogens (tertiary/aromatic N) is 2. The molecule has 0 unspecified atom stereocenters. The lowest BCUT2D eigenvalue weighted by Gasteiger charge is -1.99. The zero-order valence-electron chi connectivity index (χ0n) is 12.9. The molecule has 122 valence electrons. The van der Waals surface area contributed by atoms with Gasteiger partial charge in [-0.3, -0.25) is 9.98 Å². The van der Waals surface area contributed by atoms with Gasteiger partial charge in [0.2, 0.25) is 0 Å². The van der Waals surface area contributed by atoms with Crippen LogP contribution in [0.2, 0.25) is 0 Å². The molecular formula is C16H26N4O2. The maximum Gasteiger partial charge on any atom is 0.0555 e. The predicted octanol–water partition coefficient (Wildman–Crippen LogP) is -0.312. The molecule has 1 aromatic rings. The minimum absolute atomic E-state index is 0.157. The lowest BCUT2D eigenvalue weighted by Crippen LogP contribution is -2.21. The van der Waals surface area contributed by atoms with Crippen molar-refractivity contribution in [1.29, 1.82) is 0 Å². The molecule has 0 saturated heterocycles. The van der Waals surface area contributed by atoms with E-state index in [0.29, 0.717) is 26.2 Å². The Hall–Kier alpha value is -1.60. The molecule has 0 heterocycles. The van der Waals surface area contributed by atoms with Crippen LogP contribution in [0, 0.1) is 0 Å². The number of hydrogen-bond donors (Lipinski definition) is 4. The van der Waals surface area contributed by atoms with Gasteiger partial charge in [-0.25, -0.2) is 0 Å². The van der Waals surface area contributed by atoms with Gasteiger partial charge in [-0.15, -0.1) is 0 Å². The summed E-state index contributed by atoms with van der Waals surface area (Å²) in [6.07, 6.45) is 3.70. The van der Waals surface area contributed by atoms with Crippen molar-refractivity contribution in [3.8, 4) is 0 Å². The van der Waals surface area contributed by atoms with Crippen LogP contribution in [0.5, 0.6) is 0 Å². The van der Waals surface area contributed by atoms with Crippen molar-refractivity contribution in [1.82, 2.24) is 10.6 Å². The third-order valence-electron chi connectivity index (χ3n) is 2.83. The predicted molar refractivity (Wildman–Crippen MR) is 91.3 cm³/mol. The van der Waals surface area contributed by atoms with Crippen LogP contribution in [0.25, 0.3) is 0 Å². The monoisotopic (exact) mass is 306 g/mol. The molecule has 0 aromatic heterocycles. The molecule has 0 bridgehead atoms. The highest BCUT2D eigenvalue weighted by molar-refractivity contribution is 5.84. The molecule has 4 N–H and O–H groups in total. The number of hydrogen-bond acceptors (Lipinski definition) is 6. The van der Waals surface area contributed by atoms with Crippen LogP contribution in [-0.2, 0) is 0 Å². The fourth-order valence-corrected chi connectivity index (χ4v) is 1.70. The molecule has 0 atom stereocenters. The van der Waals surface area contributed by atoms with Gasteiger partial charge in [-0.05, 0) is 11.1 Å². The van der Waals surface area contributed by atoms with E-state index < -0.39 is 0 Å². The number of aliphatic hydroxyl groups is 2. The van der Waals surface area contributed by atoms with Crippen LogP contribution in [0.1, 0.15) is 11.1 Å². The molecule has 0 saturated carbocycles. The topological polar surface area (TPSA) is 89.2 Å². The quantitative estimate of drug-likeness (QED) is 0.315. The summed E-state index contributed by atoms with van der Waals surface area (Å²) in [5.41, 5.74) is 2.12. The van der Waals surface area contributed by atoms with E-state index in [4.69, 9.17) is 10.2 Å².